The summed E-state index contributed by atoms with van der Waals surface area (Å²) < 4.78 is 65.9. The van der Waals surface area contributed by atoms with Crippen LogP contribution in [0, 0.1) is 0 Å². The fourth-order valence-electron chi connectivity index (χ4n) is 2.85. The van der Waals surface area contributed by atoms with Crippen LogP contribution in [-0.2, 0) is 62.6 Å². The first-order valence-corrected chi connectivity index (χ1v) is 16.4. The number of aliphatic hydroxyl groups is 1. The molecule has 228 valence electrons. The van der Waals surface area contributed by atoms with Crippen LogP contribution in [0.15, 0.2) is 91.0 Å². The Hall–Kier alpha value is -2.68. The molecule has 0 radical (unpaired) electrons. The van der Waals surface area contributed by atoms with Crippen molar-refractivity contribution in [3.05, 3.63) is 108 Å². The Labute approximate surface area is 244 Å². The number of hydrogen-bond donors (Lipinski definition) is 1. The van der Waals surface area contributed by atoms with E-state index in [1.54, 1.807) is 0 Å². The molecule has 0 aliphatic carbocycles. The van der Waals surface area contributed by atoms with E-state index in [2.05, 4.69) is 32.6 Å². The van der Waals surface area contributed by atoms with Crippen molar-refractivity contribution >= 4 is 20.2 Å². The van der Waals surface area contributed by atoms with Gasteiger partial charge in [-0.05, 0) is 16.7 Å². The van der Waals surface area contributed by atoms with Crippen LogP contribution >= 0.6 is 0 Å². The molecule has 0 spiro atoms. The minimum Gasteiger partial charge on any atom is -0.394 e. The molecule has 3 aromatic rings. The predicted octanol–water partition coefficient (Wildman–Crippen LogP) is 3.55. The Morgan fingerprint density at radius 2 is 0.780 bits per heavy atom. The zero-order chi connectivity index (χ0) is 30.2. The zero-order valence-corrected chi connectivity index (χ0v) is 25.1. The highest BCUT2D eigenvalue weighted by Gasteiger charge is 2.04. The van der Waals surface area contributed by atoms with Gasteiger partial charge < -0.3 is 19.3 Å². The van der Waals surface area contributed by atoms with Crippen LogP contribution in [0.5, 0.6) is 0 Å². The van der Waals surface area contributed by atoms with Crippen LogP contribution in [0.3, 0.4) is 0 Å². The highest BCUT2D eigenvalue weighted by Crippen LogP contribution is 2.02. The van der Waals surface area contributed by atoms with Gasteiger partial charge in [0.05, 0.1) is 72.0 Å². The van der Waals surface area contributed by atoms with E-state index < -0.39 is 20.2 Å². The lowest BCUT2D eigenvalue weighted by Gasteiger charge is -2.06. The van der Waals surface area contributed by atoms with Gasteiger partial charge in [-0.3, -0.25) is 8.37 Å². The van der Waals surface area contributed by atoms with Gasteiger partial charge in [0, 0.05) is 0 Å². The van der Waals surface area contributed by atoms with Crippen LogP contribution < -0.4 is 0 Å². The largest absolute Gasteiger partial charge is 0.394 e. The quantitative estimate of drug-likeness (QED) is 0.189. The molecule has 41 heavy (non-hydrogen) atoms. The average Bonchev–Trinajstić information content (AvgIpc) is 2.95. The molecule has 3 rings (SSSR count). The van der Waals surface area contributed by atoms with Crippen LogP contribution in [0.2, 0.25) is 0 Å². The molecule has 3 aromatic carbocycles. The number of ether oxygens (including phenoxy) is 3. The molecule has 0 aromatic heterocycles. The third kappa shape index (κ3) is 23.7. The summed E-state index contributed by atoms with van der Waals surface area (Å²) in [7, 11) is -7.03. The second-order valence-electron chi connectivity index (χ2n) is 8.39. The molecule has 10 nitrogen and oxygen atoms in total. The fourth-order valence-corrected chi connectivity index (χ4v) is 3.59. The summed E-state index contributed by atoms with van der Waals surface area (Å²) in [5.74, 6) is 0. The van der Waals surface area contributed by atoms with Crippen molar-refractivity contribution in [2.75, 3.05) is 52.2 Å². The van der Waals surface area contributed by atoms with E-state index in [0.29, 0.717) is 39.6 Å². The summed E-state index contributed by atoms with van der Waals surface area (Å²) in [6, 6.07) is 30.2. The third-order valence-electron chi connectivity index (χ3n) is 4.62. The van der Waals surface area contributed by atoms with Gasteiger partial charge in [0.1, 0.15) is 0 Å². The predicted molar refractivity (Wildman–Crippen MR) is 157 cm³/mol. The maximum Gasteiger partial charge on any atom is 0.264 e. The van der Waals surface area contributed by atoms with Gasteiger partial charge in [-0.2, -0.15) is 16.8 Å². The first-order chi connectivity index (χ1) is 19.6. The summed E-state index contributed by atoms with van der Waals surface area (Å²) in [4.78, 5) is 0. The Morgan fingerprint density at radius 1 is 0.488 bits per heavy atom. The molecule has 0 aliphatic rings. The zero-order valence-electron chi connectivity index (χ0n) is 23.5. The fraction of sp³-hybridized carbons (Fsp3) is 0.379. The van der Waals surface area contributed by atoms with E-state index in [-0.39, 0.29) is 19.8 Å². The average molecular weight is 613 g/mol. The lowest BCUT2D eigenvalue weighted by Crippen LogP contribution is -2.12. The van der Waals surface area contributed by atoms with Crippen molar-refractivity contribution < 1.29 is 44.5 Å². The van der Waals surface area contributed by atoms with E-state index >= 15 is 0 Å². The van der Waals surface area contributed by atoms with Gasteiger partial charge in [0.2, 0.25) is 0 Å². The SMILES string of the molecule is CS(=O)(=O)OCCOS(C)(=O)=O.OCCOCc1ccccc1.c1ccc(COCCOCc2ccccc2)cc1. The standard InChI is InChI=1S/C16H18O2.C9H12O2.C4H10O6S2/c1-3-7-15(8-4-1)13-17-11-12-18-14-16-9-5-2-6-10-16;10-6-7-11-8-9-4-2-1-3-5-9;1-11(5,6)9-3-4-10-12(2,7)8/h1-10H,11-14H2;1-5,10H,6-8H2;3-4H2,1-2H3. The minimum atomic E-state index is -3.52. The van der Waals surface area contributed by atoms with Crippen molar-refractivity contribution in [2.45, 2.75) is 19.8 Å². The molecule has 0 fully saturated rings. The first kappa shape index (κ1) is 36.3. The molecule has 12 heteroatoms. The lowest BCUT2D eigenvalue weighted by molar-refractivity contribution is 0.0339. The van der Waals surface area contributed by atoms with Crippen molar-refractivity contribution in [1.82, 2.24) is 0 Å². The van der Waals surface area contributed by atoms with Crippen LogP contribution in [0.1, 0.15) is 16.7 Å². The van der Waals surface area contributed by atoms with Crippen LogP contribution in [0.25, 0.3) is 0 Å². The van der Waals surface area contributed by atoms with Crippen molar-refractivity contribution in [2.24, 2.45) is 0 Å². The minimum absolute atomic E-state index is 0.0901. The first-order valence-electron chi connectivity index (χ1n) is 12.7. The van der Waals surface area contributed by atoms with Gasteiger partial charge in [0.15, 0.2) is 0 Å². The van der Waals surface area contributed by atoms with Gasteiger partial charge in [-0.15, -0.1) is 0 Å². The molecule has 1 N–H and O–H groups in total. The Kier molecular flexibility index (Phi) is 19.5. The molecule has 0 bridgehead atoms. The topological polar surface area (TPSA) is 135 Å². The van der Waals surface area contributed by atoms with E-state index in [0.717, 1.165) is 18.1 Å². The Balaban J connectivity index is 0.000000322. The maximum atomic E-state index is 10.3. The van der Waals surface area contributed by atoms with Crippen molar-refractivity contribution in [3.8, 4) is 0 Å². The second-order valence-corrected chi connectivity index (χ2v) is 11.7. The van der Waals surface area contributed by atoms with Crippen molar-refractivity contribution in [1.29, 1.82) is 0 Å². The van der Waals surface area contributed by atoms with Gasteiger partial charge in [0.25, 0.3) is 20.2 Å². The van der Waals surface area contributed by atoms with Gasteiger partial charge in [-0.1, -0.05) is 91.0 Å². The molecular formula is C29H40O10S2. The summed E-state index contributed by atoms with van der Waals surface area (Å²) >= 11 is 0. The van der Waals surface area contributed by atoms with E-state index in [9.17, 15) is 16.8 Å². The highest BCUT2D eigenvalue weighted by atomic mass is 32.2. The molecule has 0 amide bonds. The third-order valence-corrected chi connectivity index (χ3v) is 5.81. The normalized spacial score (nSPS) is 11.1. The maximum absolute atomic E-state index is 10.3. The van der Waals surface area contributed by atoms with E-state index in [4.69, 9.17) is 19.3 Å². The molecule has 0 saturated carbocycles. The highest BCUT2D eigenvalue weighted by molar-refractivity contribution is 7.86. The molecule has 0 saturated heterocycles. The van der Waals surface area contributed by atoms with Gasteiger partial charge >= 0.3 is 0 Å². The molecule has 0 atom stereocenters. The molecule has 0 heterocycles. The Morgan fingerprint density at radius 3 is 1.05 bits per heavy atom. The second kappa shape index (κ2) is 22.0. The monoisotopic (exact) mass is 612 g/mol. The van der Waals surface area contributed by atoms with Crippen LogP contribution in [-0.4, -0.2) is 74.1 Å². The molecule has 0 aliphatic heterocycles. The Bertz CT molecular complexity index is 1160. The molecule has 0 unspecified atom stereocenters. The van der Waals surface area contributed by atoms with E-state index in [1.165, 1.54) is 11.1 Å². The summed E-state index contributed by atoms with van der Waals surface area (Å²) in [5, 5.41) is 8.42. The summed E-state index contributed by atoms with van der Waals surface area (Å²) in [6.07, 6.45) is 1.74. The summed E-state index contributed by atoms with van der Waals surface area (Å²) in [5.41, 5.74) is 3.53. The van der Waals surface area contributed by atoms with Crippen LogP contribution in [0.4, 0.5) is 0 Å². The lowest BCUT2D eigenvalue weighted by atomic mass is 10.2. The number of hydrogen-bond acceptors (Lipinski definition) is 10. The summed E-state index contributed by atoms with van der Waals surface area (Å²) in [6.45, 7) is 3.04. The van der Waals surface area contributed by atoms with E-state index in [1.807, 2.05) is 66.7 Å². The number of rotatable bonds is 16. The van der Waals surface area contributed by atoms with Crippen molar-refractivity contribution in [3.63, 3.8) is 0 Å². The smallest absolute Gasteiger partial charge is 0.264 e. The van der Waals surface area contributed by atoms with Gasteiger partial charge in [-0.25, -0.2) is 0 Å². The number of benzene rings is 3. The number of aliphatic hydroxyl groups excluding tert-OH is 1. The molecular weight excluding hydrogens is 572 g/mol.